The van der Waals surface area contributed by atoms with Gasteiger partial charge in [0, 0.05) is 21.2 Å². The van der Waals surface area contributed by atoms with Crippen LogP contribution in [0.2, 0.25) is 10.0 Å². The monoisotopic (exact) mass is 397 g/mol. The average Bonchev–Trinajstić information content (AvgIpc) is 2.67. The van der Waals surface area contributed by atoms with Gasteiger partial charge in [-0.15, -0.1) is 0 Å². The molecule has 0 fully saturated rings. The van der Waals surface area contributed by atoms with Crippen LogP contribution in [0.1, 0.15) is 16.7 Å². The van der Waals surface area contributed by atoms with E-state index in [-0.39, 0.29) is 11.1 Å². The van der Waals surface area contributed by atoms with Crippen LogP contribution in [0.25, 0.3) is 11.6 Å². The van der Waals surface area contributed by atoms with E-state index in [1.165, 1.54) is 6.07 Å². The maximum absolute atomic E-state index is 13.9. The van der Waals surface area contributed by atoms with Gasteiger partial charge in [0.25, 0.3) is 0 Å². The van der Waals surface area contributed by atoms with Crippen LogP contribution in [0.5, 0.6) is 5.75 Å². The van der Waals surface area contributed by atoms with Crippen LogP contribution in [0.15, 0.2) is 66.7 Å². The minimum Gasteiger partial charge on any atom is -0.489 e. The highest BCUT2D eigenvalue weighted by atomic mass is 35.5. The smallest absolute Gasteiger partial charge is 0.131 e. The largest absolute Gasteiger partial charge is 0.489 e. The van der Waals surface area contributed by atoms with Crippen molar-refractivity contribution in [2.24, 2.45) is 0 Å². The Morgan fingerprint density at radius 1 is 1.04 bits per heavy atom. The number of benzene rings is 3. The second kappa shape index (κ2) is 8.73. The first-order chi connectivity index (χ1) is 13.1. The van der Waals surface area contributed by atoms with Crippen molar-refractivity contribution < 1.29 is 9.13 Å². The standard InChI is InChI=1S/C22H14Cl2FNO/c23-18-8-7-16(21(24)12-18)14-27-19-9-5-15(6-10-19)11-17(13-26)20-3-1-2-4-22(20)25/h1-12H,14H2. The Kier molecular flexibility index (Phi) is 6.13. The van der Waals surface area contributed by atoms with Gasteiger partial charge < -0.3 is 4.74 Å². The first kappa shape index (κ1) is 19.0. The van der Waals surface area contributed by atoms with E-state index in [0.29, 0.717) is 22.4 Å². The number of hydrogen-bond donors (Lipinski definition) is 0. The van der Waals surface area contributed by atoms with Crippen molar-refractivity contribution in [1.29, 1.82) is 5.26 Å². The Morgan fingerprint density at radius 3 is 2.44 bits per heavy atom. The third-order valence-corrected chi connectivity index (χ3v) is 4.47. The summed E-state index contributed by atoms with van der Waals surface area (Å²) in [5.41, 5.74) is 2.13. The summed E-state index contributed by atoms with van der Waals surface area (Å²) in [5.74, 6) is 0.229. The molecule has 0 radical (unpaired) electrons. The summed E-state index contributed by atoms with van der Waals surface area (Å²) in [4.78, 5) is 0. The molecule has 0 N–H and O–H groups in total. The summed E-state index contributed by atoms with van der Waals surface area (Å²) in [6.07, 6.45) is 1.64. The molecule has 0 heterocycles. The minimum absolute atomic E-state index is 0.259. The molecule has 0 aromatic heterocycles. The second-order valence-electron chi connectivity index (χ2n) is 5.74. The quantitative estimate of drug-likeness (QED) is 0.351. The first-order valence-electron chi connectivity index (χ1n) is 8.10. The number of nitriles is 1. The molecule has 3 aromatic carbocycles. The predicted octanol–water partition coefficient (Wildman–Crippen LogP) is 6.78. The van der Waals surface area contributed by atoms with E-state index in [4.69, 9.17) is 27.9 Å². The molecule has 2 nitrogen and oxygen atoms in total. The van der Waals surface area contributed by atoms with Crippen LogP contribution in [0.4, 0.5) is 4.39 Å². The summed E-state index contributed by atoms with van der Waals surface area (Å²) in [6.45, 7) is 0.309. The molecule has 0 amide bonds. The van der Waals surface area contributed by atoms with E-state index in [0.717, 1.165) is 11.1 Å². The van der Waals surface area contributed by atoms with E-state index in [1.807, 2.05) is 12.1 Å². The number of hydrogen-bond acceptors (Lipinski definition) is 2. The van der Waals surface area contributed by atoms with Gasteiger partial charge in [-0.1, -0.05) is 59.6 Å². The third kappa shape index (κ3) is 4.89. The predicted molar refractivity (Wildman–Crippen MR) is 107 cm³/mol. The SMILES string of the molecule is N#CC(=Cc1ccc(OCc2ccc(Cl)cc2Cl)cc1)c1ccccc1F. The molecule has 3 rings (SSSR count). The molecule has 0 saturated carbocycles. The maximum atomic E-state index is 13.9. The van der Waals surface area contributed by atoms with E-state index < -0.39 is 5.82 Å². The Balaban J connectivity index is 1.73. The average molecular weight is 398 g/mol. The molecule has 0 saturated heterocycles. The summed E-state index contributed by atoms with van der Waals surface area (Å²) >= 11 is 12.0. The summed E-state index contributed by atoms with van der Waals surface area (Å²) < 4.78 is 19.6. The van der Waals surface area contributed by atoms with Crippen molar-refractivity contribution in [3.8, 4) is 11.8 Å². The Hall–Kier alpha value is -2.80. The number of rotatable bonds is 5. The molecular formula is C22H14Cl2FNO. The molecule has 0 bridgehead atoms. The Labute approximate surface area is 167 Å². The zero-order valence-electron chi connectivity index (χ0n) is 14.1. The van der Waals surface area contributed by atoms with Crippen LogP contribution < -0.4 is 4.74 Å². The van der Waals surface area contributed by atoms with Gasteiger partial charge in [-0.2, -0.15) is 5.26 Å². The molecule has 27 heavy (non-hydrogen) atoms. The Morgan fingerprint density at radius 2 is 1.78 bits per heavy atom. The van der Waals surface area contributed by atoms with Crippen LogP contribution in [0.3, 0.4) is 0 Å². The molecule has 0 atom stereocenters. The number of ether oxygens (including phenoxy) is 1. The molecule has 0 aliphatic rings. The van der Waals surface area contributed by atoms with Crippen LogP contribution >= 0.6 is 23.2 Å². The second-order valence-corrected chi connectivity index (χ2v) is 6.59. The van der Waals surface area contributed by atoms with Crippen molar-refractivity contribution in [1.82, 2.24) is 0 Å². The van der Waals surface area contributed by atoms with E-state index in [9.17, 15) is 9.65 Å². The van der Waals surface area contributed by atoms with Gasteiger partial charge in [-0.05, 0) is 42.0 Å². The minimum atomic E-state index is -0.426. The Bertz CT molecular complexity index is 1020. The van der Waals surface area contributed by atoms with E-state index in [2.05, 4.69) is 0 Å². The molecule has 0 unspecified atom stereocenters. The number of nitrogens with zero attached hydrogens (tertiary/aromatic N) is 1. The van der Waals surface area contributed by atoms with Gasteiger partial charge in [0.1, 0.15) is 18.2 Å². The first-order valence-corrected chi connectivity index (χ1v) is 8.86. The number of halogens is 3. The lowest BCUT2D eigenvalue weighted by Gasteiger charge is -2.08. The van der Waals surface area contributed by atoms with E-state index >= 15 is 0 Å². The van der Waals surface area contributed by atoms with Crippen LogP contribution in [0, 0.1) is 17.1 Å². The van der Waals surface area contributed by atoms with Crippen molar-refractivity contribution in [2.75, 3.05) is 0 Å². The van der Waals surface area contributed by atoms with Crippen LogP contribution in [-0.4, -0.2) is 0 Å². The van der Waals surface area contributed by atoms with Gasteiger partial charge >= 0.3 is 0 Å². The molecule has 5 heteroatoms. The summed E-state index contributed by atoms with van der Waals surface area (Å²) in [6, 6.07) is 20.7. The highest BCUT2D eigenvalue weighted by molar-refractivity contribution is 6.35. The van der Waals surface area contributed by atoms with Gasteiger partial charge in [-0.3, -0.25) is 0 Å². The highest BCUT2D eigenvalue weighted by Crippen LogP contribution is 2.24. The molecule has 0 spiro atoms. The third-order valence-electron chi connectivity index (χ3n) is 3.89. The van der Waals surface area contributed by atoms with Crippen molar-refractivity contribution in [3.05, 3.63) is 99.3 Å². The summed E-state index contributed by atoms with van der Waals surface area (Å²) in [7, 11) is 0. The lowest BCUT2D eigenvalue weighted by molar-refractivity contribution is 0.306. The van der Waals surface area contributed by atoms with Crippen molar-refractivity contribution in [2.45, 2.75) is 6.61 Å². The van der Waals surface area contributed by atoms with Crippen LogP contribution in [-0.2, 0) is 6.61 Å². The molecule has 3 aromatic rings. The topological polar surface area (TPSA) is 33.0 Å². The lowest BCUT2D eigenvalue weighted by Crippen LogP contribution is -1.96. The lowest BCUT2D eigenvalue weighted by atomic mass is 10.0. The fourth-order valence-electron chi connectivity index (χ4n) is 2.48. The van der Waals surface area contributed by atoms with Gasteiger partial charge in [0.05, 0.1) is 11.6 Å². The van der Waals surface area contributed by atoms with E-state index in [1.54, 1.807) is 60.7 Å². The normalized spacial score (nSPS) is 11.1. The van der Waals surface area contributed by atoms with Crippen molar-refractivity contribution in [3.63, 3.8) is 0 Å². The number of allylic oxidation sites excluding steroid dienone is 1. The zero-order chi connectivity index (χ0) is 19.2. The highest BCUT2D eigenvalue weighted by Gasteiger charge is 2.07. The van der Waals surface area contributed by atoms with Gasteiger partial charge in [0.15, 0.2) is 0 Å². The fraction of sp³-hybridized carbons (Fsp3) is 0.0455. The van der Waals surface area contributed by atoms with Gasteiger partial charge in [0.2, 0.25) is 0 Å². The molecule has 134 valence electrons. The molecule has 0 aliphatic carbocycles. The van der Waals surface area contributed by atoms with Crippen molar-refractivity contribution >= 4 is 34.9 Å². The fourth-order valence-corrected chi connectivity index (χ4v) is 2.94. The van der Waals surface area contributed by atoms with Gasteiger partial charge in [-0.25, -0.2) is 4.39 Å². The molecular weight excluding hydrogens is 384 g/mol. The zero-order valence-corrected chi connectivity index (χ0v) is 15.6. The molecule has 0 aliphatic heterocycles. The summed E-state index contributed by atoms with van der Waals surface area (Å²) in [5, 5.41) is 10.5. The maximum Gasteiger partial charge on any atom is 0.131 e.